The van der Waals surface area contributed by atoms with Gasteiger partial charge >= 0.3 is 5.97 Å². The average Bonchev–Trinajstić information content (AvgIpc) is 2.73. The van der Waals surface area contributed by atoms with E-state index in [1.807, 2.05) is 30.2 Å². The molecule has 0 aromatic carbocycles. The molecule has 1 aliphatic heterocycles. The number of hydrogen-bond donors (Lipinski definition) is 0. The van der Waals surface area contributed by atoms with Gasteiger partial charge in [-0.25, -0.2) is 9.10 Å². The Kier molecular flexibility index (Phi) is 4.45. The molecule has 0 radical (unpaired) electrons. The Balaban J connectivity index is 1.94. The van der Waals surface area contributed by atoms with E-state index in [4.69, 9.17) is 4.74 Å². The van der Waals surface area contributed by atoms with E-state index >= 15 is 0 Å². The smallest absolute Gasteiger partial charge is 0.337 e. The quantitative estimate of drug-likeness (QED) is 0.570. The second kappa shape index (κ2) is 6.07. The molecule has 0 bridgehead atoms. The molecule has 1 aliphatic carbocycles. The molecule has 0 atom stereocenters. The van der Waals surface area contributed by atoms with Gasteiger partial charge in [0.15, 0.2) is 0 Å². The summed E-state index contributed by atoms with van der Waals surface area (Å²) in [4.78, 5) is 12.7. The van der Waals surface area contributed by atoms with Crippen molar-refractivity contribution in [3.8, 4) is 0 Å². The number of ether oxygens (including phenoxy) is 1. The third-order valence-corrected chi connectivity index (χ3v) is 3.97. The van der Waals surface area contributed by atoms with E-state index in [0.717, 1.165) is 6.42 Å². The molecule has 2 rings (SSSR count). The second-order valence-corrected chi connectivity index (χ2v) is 5.30. The first-order chi connectivity index (χ1) is 8.29. The summed E-state index contributed by atoms with van der Waals surface area (Å²) in [5, 5.41) is 0. The highest BCUT2D eigenvalue weighted by molar-refractivity contribution is 8.00. The molecule has 0 spiro atoms. The molecule has 0 aromatic rings. The highest BCUT2D eigenvalue weighted by Crippen LogP contribution is 2.29. The predicted octanol–water partition coefficient (Wildman–Crippen LogP) is 2.67. The molecule has 0 unspecified atom stereocenters. The summed E-state index contributed by atoms with van der Waals surface area (Å²) >= 11 is 1.81. The van der Waals surface area contributed by atoms with Gasteiger partial charge < -0.3 is 4.74 Å². The minimum Gasteiger partial charge on any atom is -0.465 e. The maximum absolute atomic E-state index is 11.4. The number of esters is 1. The topological polar surface area (TPSA) is 29.5 Å². The Morgan fingerprint density at radius 3 is 2.88 bits per heavy atom. The summed E-state index contributed by atoms with van der Waals surface area (Å²) in [7, 11) is 1.41. The van der Waals surface area contributed by atoms with Crippen LogP contribution in [0.25, 0.3) is 0 Å². The Bertz CT molecular complexity index is 379. The van der Waals surface area contributed by atoms with E-state index in [0.29, 0.717) is 5.57 Å². The van der Waals surface area contributed by atoms with Crippen LogP contribution in [0, 0.1) is 0 Å². The number of nitrogens with zero attached hydrogens (tertiary/aromatic N) is 1. The lowest BCUT2D eigenvalue weighted by Crippen LogP contribution is -2.09. The van der Waals surface area contributed by atoms with Crippen molar-refractivity contribution in [1.29, 1.82) is 0 Å². The Morgan fingerprint density at radius 2 is 2.18 bits per heavy atom. The average molecular weight is 251 g/mol. The second-order valence-electron chi connectivity index (χ2n) is 4.07. The molecular weight excluding hydrogens is 234 g/mol. The molecule has 4 heteroatoms. The largest absolute Gasteiger partial charge is 0.465 e. The van der Waals surface area contributed by atoms with E-state index in [1.54, 1.807) is 0 Å². The van der Waals surface area contributed by atoms with Crippen LogP contribution in [0.2, 0.25) is 0 Å². The third kappa shape index (κ3) is 3.48. The number of carbonyl (C=O) groups excluding carboxylic acids is 1. The van der Waals surface area contributed by atoms with E-state index in [2.05, 4.69) is 10.4 Å². The summed E-state index contributed by atoms with van der Waals surface area (Å²) in [6, 6.07) is 0. The Labute approximate surface area is 106 Å². The standard InChI is InChI=1S/C13H17NO2S/c1-16-13(15)11-5-4-6-12(8-7-11)17-14-9-2-3-10-14/h4-7H,2-3,8-10H2,1H3. The van der Waals surface area contributed by atoms with Crippen LogP contribution >= 0.6 is 11.9 Å². The first-order valence-corrected chi connectivity index (χ1v) is 6.65. The van der Waals surface area contributed by atoms with Gasteiger partial charge in [0, 0.05) is 18.0 Å². The summed E-state index contributed by atoms with van der Waals surface area (Å²) in [6.07, 6.45) is 11.1. The zero-order valence-electron chi connectivity index (χ0n) is 10.0. The Morgan fingerprint density at radius 1 is 1.41 bits per heavy atom. The van der Waals surface area contributed by atoms with E-state index < -0.39 is 0 Å². The fourth-order valence-corrected chi connectivity index (χ4v) is 2.96. The SMILES string of the molecule is COC(=O)C1=CCC(SN2CCCC2)=CC=C1. The first-order valence-electron chi connectivity index (χ1n) is 5.88. The molecule has 17 heavy (non-hydrogen) atoms. The fourth-order valence-electron chi connectivity index (χ4n) is 1.89. The lowest BCUT2D eigenvalue weighted by Gasteiger charge is -2.14. The zero-order valence-corrected chi connectivity index (χ0v) is 10.8. The fraction of sp³-hybridized carbons (Fsp3) is 0.462. The first kappa shape index (κ1) is 12.5. The number of carbonyl (C=O) groups is 1. The van der Waals surface area contributed by atoms with Crippen molar-refractivity contribution in [2.24, 2.45) is 0 Å². The molecule has 2 aliphatic rings. The van der Waals surface area contributed by atoms with Gasteiger partial charge in [-0.1, -0.05) is 18.2 Å². The number of rotatable bonds is 3. The summed E-state index contributed by atoms with van der Waals surface area (Å²) < 4.78 is 7.10. The van der Waals surface area contributed by atoms with E-state index in [-0.39, 0.29) is 5.97 Å². The summed E-state index contributed by atoms with van der Waals surface area (Å²) in [5.74, 6) is -0.262. The van der Waals surface area contributed by atoms with Crippen LogP contribution in [0.15, 0.2) is 34.8 Å². The molecule has 0 saturated carbocycles. The molecule has 0 aromatic heterocycles. The lowest BCUT2D eigenvalue weighted by molar-refractivity contribution is -0.135. The predicted molar refractivity (Wildman–Crippen MR) is 70.3 cm³/mol. The van der Waals surface area contributed by atoms with Crippen LogP contribution < -0.4 is 0 Å². The van der Waals surface area contributed by atoms with Crippen LogP contribution in [-0.4, -0.2) is 30.5 Å². The van der Waals surface area contributed by atoms with Gasteiger partial charge in [-0.15, -0.1) is 0 Å². The monoisotopic (exact) mass is 251 g/mol. The molecule has 0 amide bonds. The van der Waals surface area contributed by atoms with Gasteiger partial charge in [-0.3, -0.25) is 0 Å². The Hall–Kier alpha value is -1.00. The van der Waals surface area contributed by atoms with Gasteiger partial charge in [-0.05, 0) is 37.3 Å². The molecule has 0 N–H and O–H groups in total. The van der Waals surface area contributed by atoms with Crippen LogP contribution in [0.3, 0.4) is 0 Å². The third-order valence-electron chi connectivity index (χ3n) is 2.81. The molecule has 1 saturated heterocycles. The maximum atomic E-state index is 11.4. The number of allylic oxidation sites excluding steroid dienone is 4. The van der Waals surface area contributed by atoms with Crippen LogP contribution in [-0.2, 0) is 9.53 Å². The van der Waals surface area contributed by atoms with Crippen molar-refractivity contribution in [1.82, 2.24) is 4.31 Å². The minimum atomic E-state index is -0.262. The lowest BCUT2D eigenvalue weighted by atomic mass is 10.2. The summed E-state index contributed by atoms with van der Waals surface area (Å²) in [5.41, 5.74) is 0.640. The van der Waals surface area contributed by atoms with Crippen molar-refractivity contribution >= 4 is 17.9 Å². The summed E-state index contributed by atoms with van der Waals surface area (Å²) in [6.45, 7) is 2.33. The highest BCUT2D eigenvalue weighted by atomic mass is 32.2. The van der Waals surface area contributed by atoms with Crippen LogP contribution in [0.4, 0.5) is 0 Å². The zero-order chi connectivity index (χ0) is 12.1. The minimum absolute atomic E-state index is 0.262. The number of methoxy groups -OCH3 is 1. The van der Waals surface area contributed by atoms with Crippen LogP contribution in [0.5, 0.6) is 0 Å². The van der Waals surface area contributed by atoms with Gasteiger partial charge in [0.2, 0.25) is 0 Å². The van der Waals surface area contributed by atoms with E-state index in [9.17, 15) is 4.79 Å². The van der Waals surface area contributed by atoms with Crippen molar-refractivity contribution in [2.45, 2.75) is 19.3 Å². The van der Waals surface area contributed by atoms with Crippen molar-refractivity contribution in [3.05, 3.63) is 34.8 Å². The maximum Gasteiger partial charge on any atom is 0.337 e. The normalized spacial score (nSPS) is 20.8. The molecule has 3 nitrogen and oxygen atoms in total. The van der Waals surface area contributed by atoms with E-state index in [1.165, 1.54) is 37.9 Å². The number of hydrogen-bond acceptors (Lipinski definition) is 4. The van der Waals surface area contributed by atoms with Gasteiger partial charge in [0.1, 0.15) is 0 Å². The van der Waals surface area contributed by atoms with Crippen molar-refractivity contribution < 1.29 is 9.53 Å². The van der Waals surface area contributed by atoms with Gasteiger partial charge in [-0.2, -0.15) is 0 Å². The van der Waals surface area contributed by atoms with Crippen molar-refractivity contribution in [2.75, 3.05) is 20.2 Å². The van der Waals surface area contributed by atoms with Gasteiger partial charge in [0.05, 0.1) is 12.7 Å². The molecule has 1 fully saturated rings. The molecular formula is C13H17NO2S. The van der Waals surface area contributed by atoms with Crippen molar-refractivity contribution in [3.63, 3.8) is 0 Å². The highest BCUT2D eigenvalue weighted by Gasteiger charge is 2.15. The van der Waals surface area contributed by atoms with Crippen LogP contribution in [0.1, 0.15) is 19.3 Å². The molecule has 1 heterocycles. The molecule has 92 valence electrons. The van der Waals surface area contributed by atoms with Gasteiger partial charge in [0.25, 0.3) is 0 Å².